The molecule has 74 valence electrons. The lowest BCUT2D eigenvalue weighted by Crippen LogP contribution is -2.45. The lowest BCUT2D eigenvalue weighted by Gasteiger charge is -2.21. The van der Waals surface area contributed by atoms with Crippen LogP contribution in [0.4, 0.5) is 0 Å². The van der Waals surface area contributed by atoms with Crippen molar-refractivity contribution in [2.45, 2.75) is 24.1 Å². The molecule has 4 heteroatoms. The van der Waals surface area contributed by atoms with Crippen LogP contribution in [0.15, 0.2) is 0 Å². The number of thioether (sulfide) groups is 1. The summed E-state index contributed by atoms with van der Waals surface area (Å²) < 4.78 is 4.94. The molecule has 0 aliphatic carbocycles. The Hall–Kier alpha value is -0.240. The van der Waals surface area contributed by atoms with Crippen LogP contribution in [0.5, 0.6) is 0 Å². The van der Waals surface area contributed by atoms with Gasteiger partial charge in [-0.15, -0.1) is 0 Å². The minimum absolute atomic E-state index is 0.303. The molecule has 0 aromatic carbocycles. The van der Waals surface area contributed by atoms with Crippen LogP contribution in [0.3, 0.4) is 0 Å². The van der Waals surface area contributed by atoms with Crippen molar-refractivity contribution in [2.75, 3.05) is 26.0 Å². The summed E-state index contributed by atoms with van der Waals surface area (Å²) in [7, 11) is 1.67. The second-order valence-electron chi connectivity index (χ2n) is 3.44. The van der Waals surface area contributed by atoms with Crippen LogP contribution in [0.25, 0.3) is 0 Å². The Morgan fingerprint density at radius 2 is 2.54 bits per heavy atom. The predicted molar refractivity (Wildman–Crippen MR) is 54.8 cm³/mol. The van der Waals surface area contributed by atoms with E-state index in [1.165, 1.54) is 0 Å². The van der Waals surface area contributed by atoms with E-state index in [1.807, 2.05) is 11.8 Å². The molecule has 3 nitrogen and oxygen atoms in total. The molecule has 1 aliphatic rings. The molecule has 0 saturated carbocycles. The first kappa shape index (κ1) is 10.8. The molecule has 13 heavy (non-hydrogen) atoms. The zero-order valence-corrected chi connectivity index (χ0v) is 8.99. The van der Waals surface area contributed by atoms with Crippen molar-refractivity contribution >= 4 is 11.8 Å². The Balaban J connectivity index is 2.38. The van der Waals surface area contributed by atoms with Gasteiger partial charge in [0.1, 0.15) is 5.54 Å². The zero-order valence-electron chi connectivity index (χ0n) is 8.17. The standard InChI is InChI=1S/C9H16N2OS/c1-8-5-9(6-10,7-13-8)11-3-4-12-2/h8,11H,3-5,7H2,1-2H3. The van der Waals surface area contributed by atoms with Crippen LogP contribution in [0, 0.1) is 11.3 Å². The number of methoxy groups -OCH3 is 1. The summed E-state index contributed by atoms with van der Waals surface area (Å²) in [5.74, 6) is 0.897. The fourth-order valence-electron chi connectivity index (χ4n) is 1.53. The van der Waals surface area contributed by atoms with E-state index in [2.05, 4.69) is 18.3 Å². The van der Waals surface area contributed by atoms with Crippen LogP contribution in [0.1, 0.15) is 13.3 Å². The highest BCUT2D eigenvalue weighted by Gasteiger charge is 2.37. The normalized spacial score (nSPS) is 33.2. The number of nitrogens with one attached hydrogen (secondary N) is 1. The molecule has 0 bridgehead atoms. The number of hydrogen-bond acceptors (Lipinski definition) is 4. The Bertz CT molecular complexity index is 204. The Morgan fingerprint density at radius 1 is 1.77 bits per heavy atom. The van der Waals surface area contributed by atoms with Crippen molar-refractivity contribution in [2.24, 2.45) is 0 Å². The molecule has 0 amide bonds. The molecular formula is C9H16N2OS. The van der Waals surface area contributed by atoms with E-state index < -0.39 is 0 Å². The summed E-state index contributed by atoms with van der Waals surface area (Å²) in [6.07, 6.45) is 0.942. The Kier molecular flexibility index (Phi) is 4.04. The average molecular weight is 200 g/mol. The van der Waals surface area contributed by atoms with Crippen molar-refractivity contribution in [1.29, 1.82) is 5.26 Å². The summed E-state index contributed by atoms with van der Waals surface area (Å²) in [4.78, 5) is 0. The fraction of sp³-hybridized carbons (Fsp3) is 0.889. The maximum absolute atomic E-state index is 9.07. The van der Waals surface area contributed by atoms with Crippen LogP contribution in [0.2, 0.25) is 0 Å². The molecule has 0 aromatic heterocycles. The molecule has 1 aliphatic heterocycles. The summed E-state index contributed by atoms with van der Waals surface area (Å²) in [6, 6.07) is 2.38. The summed E-state index contributed by atoms with van der Waals surface area (Å²) in [6.45, 7) is 3.60. The first-order valence-corrected chi connectivity index (χ1v) is 5.54. The van der Waals surface area contributed by atoms with Crippen LogP contribution < -0.4 is 5.32 Å². The molecular weight excluding hydrogens is 184 g/mol. The van der Waals surface area contributed by atoms with Gasteiger partial charge < -0.3 is 4.74 Å². The second kappa shape index (κ2) is 4.85. The van der Waals surface area contributed by atoms with Gasteiger partial charge in [0.15, 0.2) is 0 Å². The molecule has 0 radical (unpaired) electrons. The zero-order chi connectivity index (χ0) is 9.73. The van der Waals surface area contributed by atoms with E-state index in [-0.39, 0.29) is 5.54 Å². The Labute approximate surface area is 83.8 Å². The third kappa shape index (κ3) is 2.87. The van der Waals surface area contributed by atoms with E-state index in [4.69, 9.17) is 10.00 Å². The molecule has 2 unspecified atom stereocenters. The van der Waals surface area contributed by atoms with Gasteiger partial charge in [0, 0.05) is 24.7 Å². The van der Waals surface area contributed by atoms with Gasteiger partial charge in [0.2, 0.25) is 0 Å². The van der Waals surface area contributed by atoms with Crippen molar-refractivity contribution in [1.82, 2.24) is 5.32 Å². The maximum atomic E-state index is 9.07. The SMILES string of the molecule is COCCNC1(C#N)CSC(C)C1. The topological polar surface area (TPSA) is 45.0 Å². The lowest BCUT2D eigenvalue weighted by molar-refractivity contribution is 0.192. The highest BCUT2D eigenvalue weighted by molar-refractivity contribution is 8.00. The highest BCUT2D eigenvalue weighted by atomic mass is 32.2. The quantitative estimate of drug-likeness (QED) is 0.688. The largest absolute Gasteiger partial charge is 0.383 e. The van der Waals surface area contributed by atoms with Gasteiger partial charge >= 0.3 is 0 Å². The van der Waals surface area contributed by atoms with E-state index in [9.17, 15) is 0 Å². The third-order valence-electron chi connectivity index (χ3n) is 2.23. The monoisotopic (exact) mass is 200 g/mol. The first-order valence-electron chi connectivity index (χ1n) is 4.49. The number of nitrogens with zero attached hydrogens (tertiary/aromatic N) is 1. The fourth-order valence-corrected chi connectivity index (χ4v) is 2.78. The van der Waals surface area contributed by atoms with Gasteiger partial charge in [-0.2, -0.15) is 17.0 Å². The smallest absolute Gasteiger partial charge is 0.117 e. The molecule has 1 saturated heterocycles. The van der Waals surface area contributed by atoms with Crippen LogP contribution in [-0.4, -0.2) is 36.8 Å². The first-order chi connectivity index (χ1) is 6.22. The molecule has 0 spiro atoms. The number of nitriles is 1. The minimum Gasteiger partial charge on any atom is -0.383 e. The van der Waals surface area contributed by atoms with Gasteiger partial charge in [0.05, 0.1) is 12.7 Å². The van der Waals surface area contributed by atoms with E-state index in [0.717, 1.165) is 18.7 Å². The molecule has 2 atom stereocenters. The van der Waals surface area contributed by atoms with Gasteiger partial charge in [-0.3, -0.25) is 5.32 Å². The summed E-state index contributed by atoms with van der Waals surface area (Å²) in [5.41, 5.74) is -0.303. The number of ether oxygens (including phenoxy) is 1. The predicted octanol–water partition coefficient (Wildman–Crippen LogP) is 1.01. The van der Waals surface area contributed by atoms with E-state index in [1.54, 1.807) is 7.11 Å². The number of hydrogen-bond donors (Lipinski definition) is 1. The summed E-state index contributed by atoms with van der Waals surface area (Å²) in [5, 5.41) is 12.9. The third-order valence-corrected chi connectivity index (χ3v) is 3.63. The lowest BCUT2D eigenvalue weighted by atomic mass is 9.98. The van der Waals surface area contributed by atoms with Gasteiger partial charge in [0.25, 0.3) is 0 Å². The maximum Gasteiger partial charge on any atom is 0.117 e. The van der Waals surface area contributed by atoms with E-state index >= 15 is 0 Å². The minimum atomic E-state index is -0.303. The van der Waals surface area contributed by atoms with Crippen LogP contribution in [-0.2, 0) is 4.74 Å². The van der Waals surface area contributed by atoms with E-state index in [0.29, 0.717) is 11.9 Å². The Morgan fingerprint density at radius 3 is 3.00 bits per heavy atom. The highest BCUT2D eigenvalue weighted by Crippen LogP contribution is 2.33. The molecule has 1 fully saturated rings. The van der Waals surface area contributed by atoms with Gasteiger partial charge in [-0.05, 0) is 6.42 Å². The van der Waals surface area contributed by atoms with Crippen LogP contribution >= 0.6 is 11.8 Å². The second-order valence-corrected chi connectivity index (χ2v) is 4.87. The molecule has 1 rings (SSSR count). The van der Waals surface area contributed by atoms with Crippen molar-refractivity contribution in [3.8, 4) is 6.07 Å². The summed E-state index contributed by atoms with van der Waals surface area (Å²) >= 11 is 1.86. The van der Waals surface area contributed by atoms with Crippen molar-refractivity contribution in [3.05, 3.63) is 0 Å². The number of rotatable bonds is 4. The van der Waals surface area contributed by atoms with Crippen molar-refractivity contribution < 1.29 is 4.74 Å². The average Bonchev–Trinajstić information content (AvgIpc) is 2.49. The molecule has 1 N–H and O–H groups in total. The van der Waals surface area contributed by atoms with Gasteiger partial charge in [-0.1, -0.05) is 6.92 Å². The van der Waals surface area contributed by atoms with Gasteiger partial charge in [-0.25, -0.2) is 0 Å². The molecule has 1 heterocycles. The van der Waals surface area contributed by atoms with Crippen molar-refractivity contribution in [3.63, 3.8) is 0 Å². The molecule has 0 aromatic rings.